The van der Waals surface area contributed by atoms with Crippen LogP contribution in [-0.4, -0.2) is 56.7 Å². The predicted molar refractivity (Wildman–Crippen MR) is 112 cm³/mol. The molecule has 3 aromatic rings. The maximum absolute atomic E-state index is 13.4. The summed E-state index contributed by atoms with van der Waals surface area (Å²) in [5, 5.41) is 16.0. The molecule has 0 saturated carbocycles. The van der Waals surface area contributed by atoms with Gasteiger partial charge >= 0.3 is 6.03 Å². The van der Waals surface area contributed by atoms with Crippen LogP contribution in [0.25, 0.3) is 11.4 Å². The molecule has 32 heavy (non-hydrogen) atoms. The van der Waals surface area contributed by atoms with Crippen LogP contribution in [0.1, 0.15) is 31.5 Å². The topological polar surface area (TPSA) is 124 Å². The summed E-state index contributed by atoms with van der Waals surface area (Å²) in [6.45, 7) is 5.14. The van der Waals surface area contributed by atoms with Gasteiger partial charge in [0.15, 0.2) is 11.5 Å². The molecule has 11 heteroatoms. The van der Waals surface area contributed by atoms with E-state index in [4.69, 9.17) is 4.52 Å². The Labute approximate surface area is 183 Å². The highest BCUT2D eigenvalue weighted by Crippen LogP contribution is 2.22. The zero-order valence-corrected chi connectivity index (χ0v) is 17.6. The Kier molecular flexibility index (Phi) is 5.93. The first-order chi connectivity index (χ1) is 15.5. The number of hydrogen-bond donors (Lipinski definition) is 1. The van der Waals surface area contributed by atoms with Crippen molar-refractivity contribution in [3.63, 3.8) is 0 Å². The standard InChI is InChI=1S/C21H21FN8O2/c1-13-12-29(19-17(11-23)24-6-7-25-19)8-9-30(13)21(31)26-14(2)20-27-18(28-32-20)15-4-3-5-16(22)10-15/h3-7,10,13-14H,8-9,12H2,1-2H3,(H,26,31). The molecule has 164 valence electrons. The minimum absolute atomic E-state index is 0.130. The van der Waals surface area contributed by atoms with E-state index in [2.05, 4.69) is 31.5 Å². The quantitative estimate of drug-likeness (QED) is 0.662. The molecule has 0 radical (unpaired) electrons. The molecule has 0 spiro atoms. The van der Waals surface area contributed by atoms with Gasteiger partial charge in [0.1, 0.15) is 17.9 Å². The second-order valence-corrected chi connectivity index (χ2v) is 7.47. The van der Waals surface area contributed by atoms with Gasteiger partial charge in [-0.05, 0) is 26.0 Å². The van der Waals surface area contributed by atoms with E-state index in [0.717, 1.165) is 0 Å². The van der Waals surface area contributed by atoms with Crippen molar-refractivity contribution in [1.29, 1.82) is 5.26 Å². The van der Waals surface area contributed by atoms with Gasteiger partial charge in [-0.2, -0.15) is 10.2 Å². The number of rotatable bonds is 4. The van der Waals surface area contributed by atoms with Crippen molar-refractivity contribution >= 4 is 11.8 Å². The van der Waals surface area contributed by atoms with Crippen LogP contribution in [0.3, 0.4) is 0 Å². The molecule has 1 aromatic carbocycles. The number of hydrogen-bond acceptors (Lipinski definition) is 8. The highest BCUT2D eigenvalue weighted by atomic mass is 19.1. The molecule has 0 aliphatic carbocycles. The number of nitrogens with zero attached hydrogens (tertiary/aromatic N) is 7. The van der Waals surface area contributed by atoms with Crippen molar-refractivity contribution in [2.45, 2.75) is 25.9 Å². The van der Waals surface area contributed by atoms with Crippen LogP contribution in [0.4, 0.5) is 15.0 Å². The Bertz CT molecular complexity index is 1160. The van der Waals surface area contributed by atoms with Crippen LogP contribution in [0.5, 0.6) is 0 Å². The number of piperazine rings is 1. The number of aromatic nitrogens is 4. The molecule has 2 aromatic heterocycles. The summed E-state index contributed by atoms with van der Waals surface area (Å²) in [6.07, 6.45) is 3.03. The highest BCUT2D eigenvalue weighted by Gasteiger charge is 2.30. The number of anilines is 1. The Balaban J connectivity index is 1.39. The summed E-state index contributed by atoms with van der Waals surface area (Å²) in [5.74, 6) is 0.597. The number of benzene rings is 1. The number of nitrogens with one attached hydrogen (secondary N) is 1. The van der Waals surface area contributed by atoms with Crippen LogP contribution >= 0.6 is 0 Å². The lowest BCUT2D eigenvalue weighted by Gasteiger charge is -2.40. The first kappa shape index (κ1) is 21.2. The van der Waals surface area contributed by atoms with Crippen molar-refractivity contribution in [3.05, 3.63) is 54.1 Å². The fraction of sp³-hybridized carbons (Fsp3) is 0.333. The molecule has 0 bridgehead atoms. The van der Waals surface area contributed by atoms with Gasteiger partial charge in [-0.25, -0.2) is 19.2 Å². The van der Waals surface area contributed by atoms with Crippen LogP contribution in [0, 0.1) is 17.1 Å². The molecule has 1 fully saturated rings. The van der Waals surface area contributed by atoms with Gasteiger partial charge in [-0.1, -0.05) is 17.3 Å². The Morgan fingerprint density at radius 2 is 2.16 bits per heavy atom. The number of nitriles is 1. The number of halogens is 1. The molecule has 2 atom stereocenters. The largest absolute Gasteiger partial charge is 0.350 e. The fourth-order valence-electron chi connectivity index (χ4n) is 3.58. The van der Waals surface area contributed by atoms with Gasteiger partial charge in [0, 0.05) is 43.6 Å². The van der Waals surface area contributed by atoms with E-state index in [-0.39, 0.29) is 29.5 Å². The van der Waals surface area contributed by atoms with E-state index in [1.165, 1.54) is 18.3 Å². The van der Waals surface area contributed by atoms with Crippen molar-refractivity contribution in [2.24, 2.45) is 0 Å². The molecule has 10 nitrogen and oxygen atoms in total. The van der Waals surface area contributed by atoms with Gasteiger partial charge in [-0.15, -0.1) is 0 Å². The lowest BCUT2D eigenvalue weighted by Crippen LogP contribution is -2.57. The second kappa shape index (κ2) is 8.97. The summed E-state index contributed by atoms with van der Waals surface area (Å²) < 4.78 is 18.7. The lowest BCUT2D eigenvalue weighted by atomic mass is 10.2. The molecule has 1 aliphatic rings. The first-order valence-corrected chi connectivity index (χ1v) is 10.1. The zero-order chi connectivity index (χ0) is 22.7. The monoisotopic (exact) mass is 436 g/mol. The van der Waals surface area contributed by atoms with Crippen molar-refractivity contribution in [1.82, 2.24) is 30.3 Å². The molecule has 4 rings (SSSR count). The van der Waals surface area contributed by atoms with E-state index in [0.29, 0.717) is 31.0 Å². The lowest BCUT2D eigenvalue weighted by molar-refractivity contribution is 0.166. The third-order valence-electron chi connectivity index (χ3n) is 5.21. The van der Waals surface area contributed by atoms with E-state index in [9.17, 15) is 14.4 Å². The van der Waals surface area contributed by atoms with Crippen molar-refractivity contribution in [2.75, 3.05) is 24.5 Å². The van der Waals surface area contributed by atoms with E-state index in [1.807, 2.05) is 11.8 Å². The first-order valence-electron chi connectivity index (χ1n) is 10.1. The molecule has 3 heterocycles. The van der Waals surface area contributed by atoms with Gasteiger partial charge in [0.2, 0.25) is 11.7 Å². The maximum Gasteiger partial charge on any atom is 0.318 e. The molecule has 2 unspecified atom stereocenters. The molecular formula is C21H21FN8O2. The van der Waals surface area contributed by atoms with Gasteiger partial charge in [-0.3, -0.25) is 0 Å². The fourth-order valence-corrected chi connectivity index (χ4v) is 3.58. The Hall–Kier alpha value is -4.07. The average Bonchev–Trinajstić information content (AvgIpc) is 3.29. The van der Waals surface area contributed by atoms with Crippen LogP contribution < -0.4 is 10.2 Å². The third-order valence-corrected chi connectivity index (χ3v) is 5.21. The van der Waals surface area contributed by atoms with Gasteiger partial charge in [0.05, 0.1) is 0 Å². The number of amides is 2. The normalized spacial score (nSPS) is 17.0. The summed E-state index contributed by atoms with van der Waals surface area (Å²) in [6, 6.07) is 7.00. The number of urea groups is 1. The Morgan fingerprint density at radius 3 is 2.91 bits per heavy atom. The summed E-state index contributed by atoms with van der Waals surface area (Å²) >= 11 is 0. The van der Waals surface area contributed by atoms with Gasteiger partial charge in [0.25, 0.3) is 0 Å². The van der Waals surface area contributed by atoms with E-state index in [1.54, 1.807) is 30.2 Å². The Morgan fingerprint density at radius 1 is 1.34 bits per heavy atom. The highest BCUT2D eigenvalue weighted by molar-refractivity contribution is 5.75. The summed E-state index contributed by atoms with van der Waals surface area (Å²) in [5.41, 5.74) is 0.751. The van der Waals surface area contributed by atoms with Crippen LogP contribution in [-0.2, 0) is 0 Å². The zero-order valence-electron chi connectivity index (χ0n) is 17.6. The second-order valence-electron chi connectivity index (χ2n) is 7.47. The molecular weight excluding hydrogens is 415 g/mol. The number of carbonyl (C=O) groups excluding carboxylic acids is 1. The van der Waals surface area contributed by atoms with Crippen molar-refractivity contribution < 1.29 is 13.7 Å². The minimum Gasteiger partial charge on any atom is -0.350 e. The summed E-state index contributed by atoms with van der Waals surface area (Å²) in [7, 11) is 0. The van der Waals surface area contributed by atoms with E-state index >= 15 is 0 Å². The molecule has 1 aliphatic heterocycles. The smallest absolute Gasteiger partial charge is 0.318 e. The SMILES string of the molecule is CC(NC(=O)N1CCN(c2nccnc2C#N)CC1C)c1nc(-c2cccc(F)c2)no1. The number of carbonyl (C=O) groups is 1. The van der Waals surface area contributed by atoms with Gasteiger partial charge < -0.3 is 19.6 Å². The van der Waals surface area contributed by atoms with Crippen LogP contribution in [0.2, 0.25) is 0 Å². The summed E-state index contributed by atoms with van der Waals surface area (Å²) in [4.78, 5) is 29.1. The van der Waals surface area contributed by atoms with E-state index < -0.39 is 11.9 Å². The molecule has 1 saturated heterocycles. The van der Waals surface area contributed by atoms with Crippen molar-refractivity contribution in [3.8, 4) is 17.5 Å². The minimum atomic E-state index is -0.535. The average molecular weight is 436 g/mol. The predicted octanol–water partition coefficient (Wildman–Crippen LogP) is 2.52. The van der Waals surface area contributed by atoms with Crippen LogP contribution in [0.15, 0.2) is 41.2 Å². The third kappa shape index (κ3) is 4.34. The molecule has 2 amide bonds. The maximum atomic E-state index is 13.4. The molecule has 1 N–H and O–H groups in total.